The Bertz CT molecular complexity index is 657. The molecule has 2 aromatic rings. The molecule has 1 saturated heterocycles. The van der Waals surface area contributed by atoms with E-state index in [1.807, 2.05) is 19.1 Å². The summed E-state index contributed by atoms with van der Waals surface area (Å²) in [6.07, 6.45) is 6.18. The molecule has 22 heavy (non-hydrogen) atoms. The highest BCUT2D eigenvalue weighted by Gasteiger charge is 2.37. The van der Waals surface area contributed by atoms with E-state index in [9.17, 15) is 0 Å². The lowest BCUT2D eigenvalue weighted by Crippen LogP contribution is -2.47. The molecule has 2 fully saturated rings. The molecule has 1 unspecified atom stereocenters. The van der Waals surface area contributed by atoms with Crippen LogP contribution in [-0.2, 0) is 4.74 Å². The number of aryl methyl sites for hydroxylation is 1. The molecule has 0 amide bonds. The molecule has 0 bridgehead atoms. The summed E-state index contributed by atoms with van der Waals surface area (Å²) in [5.41, 5.74) is 2.01. The summed E-state index contributed by atoms with van der Waals surface area (Å²) in [4.78, 5) is 15.9. The Morgan fingerprint density at radius 2 is 2.00 bits per heavy atom. The molecule has 2 aromatic heterocycles. The zero-order valence-electron chi connectivity index (χ0n) is 12.8. The Hall–Kier alpha value is -2.01. The van der Waals surface area contributed by atoms with Gasteiger partial charge in [0.2, 0.25) is 0 Å². The first-order valence-corrected chi connectivity index (χ1v) is 7.92. The minimum atomic E-state index is 0.466. The molecule has 5 heteroatoms. The van der Waals surface area contributed by atoms with Gasteiger partial charge in [-0.05, 0) is 37.8 Å². The average molecular weight is 296 g/mol. The summed E-state index contributed by atoms with van der Waals surface area (Å²) in [7, 11) is 0. The zero-order valence-corrected chi connectivity index (χ0v) is 12.8. The zero-order chi connectivity index (χ0) is 14.9. The number of aromatic nitrogens is 3. The van der Waals surface area contributed by atoms with Crippen LogP contribution in [0.4, 0.5) is 5.82 Å². The van der Waals surface area contributed by atoms with E-state index in [0.29, 0.717) is 6.04 Å². The minimum Gasteiger partial charge on any atom is -0.377 e. The predicted octanol–water partition coefficient (Wildman–Crippen LogP) is 2.46. The van der Waals surface area contributed by atoms with E-state index in [2.05, 4.69) is 20.9 Å². The normalized spacial score (nSPS) is 21.9. The lowest BCUT2D eigenvalue weighted by atomic mass is 10.1. The second-order valence-corrected chi connectivity index (χ2v) is 6.10. The van der Waals surface area contributed by atoms with Gasteiger partial charge in [-0.25, -0.2) is 9.97 Å². The molecule has 0 spiro atoms. The van der Waals surface area contributed by atoms with Gasteiger partial charge in [-0.3, -0.25) is 4.98 Å². The second kappa shape index (κ2) is 5.65. The molecule has 2 aliphatic rings. The van der Waals surface area contributed by atoms with Crippen molar-refractivity contribution in [1.82, 2.24) is 15.0 Å². The van der Waals surface area contributed by atoms with Crippen molar-refractivity contribution in [3.8, 4) is 11.4 Å². The highest BCUT2D eigenvalue weighted by atomic mass is 16.5. The van der Waals surface area contributed by atoms with Crippen LogP contribution in [0, 0.1) is 12.8 Å². The molecule has 1 saturated carbocycles. The molecule has 114 valence electrons. The molecule has 0 aromatic carbocycles. The van der Waals surface area contributed by atoms with Crippen LogP contribution in [0.3, 0.4) is 0 Å². The number of anilines is 1. The topological polar surface area (TPSA) is 51.1 Å². The smallest absolute Gasteiger partial charge is 0.161 e. The summed E-state index contributed by atoms with van der Waals surface area (Å²) >= 11 is 0. The number of rotatable bonds is 3. The minimum absolute atomic E-state index is 0.466. The highest BCUT2D eigenvalue weighted by Crippen LogP contribution is 2.38. The first-order valence-electron chi connectivity index (χ1n) is 7.92. The summed E-state index contributed by atoms with van der Waals surface area (Å²) in [5, 5.41) is 0. The van der Waals surface area contributed by atoms with Crippen LogP contribution in [0.15, 0.2) is 30.6 Å². The van der Waals surface area contributed by atoms with E-state index < -0.39 is 0 Å². The third kappa shape index (κ3) is 2.68. The second-order valence-electron chi connectivity index (χ2n) is 6.10. The van der Waals surface area contributed by atoms with Crippen LogP contribution in [0.2, 0.25) is 0 Å². The Labute approximate surface area is 130 Å². The van der Waals surface area contributed by atoms with Crippen molar-refractivity contribution in [3.63, 3.8) is 0 Å². The van der Waals surface area contributed by atoms with Crippen LogP contribution in [-0.4, -0.2) is 40.8 Å². The van der Waals surface area contributed by atoms with Gasteiger partial charge >= 0.3 is 0 Å². The lowest BCUT2D eigenvalue weighted by Gasteiger charge is -2.37. The van der Waals surface area contributed by atoms with Gasteiger partial charge in [-0.2, -0.15) is 0 Å². The van der Waals surface area contributed by atoms with Gasteiger partial charge in [-0.15, -0.1) is 0 Å². The Morgan fingerprint density at radius 3 is 2.77 bits per heavy atom. The van der Waals surface area contributed by atoms with Crippen LogP contribution in [0.1, 0.15) is 18.5 Å². The van der Waals surface area contributed by atoms with Crippen molar-refractivity contribution in [2.24, 2.45) is 5.92 Å². The summed E-state index contributed by atoms with van der Waals surface area (Å²) < 4.78 is 5.69. The Balaban J connectivity index is 1.70. The largest absolute Gasteiger partial charge is 0.377 e. The van der Waals surface area contributed by atoms with E-state index in [0.717, 1.165) is 48.6 Å². The van der Waals surface area contributed by atoms with Gasteiger partial charge in [-0.1, -0.05) is 0 Å². The number of hydrogen-bond donors (Lipinski definition) is 0. The first kappa shape index (κ1) is 13.6. The Morgan fingerprint density at radius 1 is 1.18 bits per heavy atom. The third-order valence-electron chi connectivity index (χ3n) is 4.41. The fourth-order valence-electron chi connectivity index (χ4n) is 3.11. The van der Waals surface area contributed by atoms with Crippen molar-refractivity contribution < 1.29 is 4.74 Å². The van der Waals surface area contributed by atoms with Gasteiger partial charge in [0.05, 0.1) is 19.3 Å². The standard InChI is InChI=1S/C17H20N4O/c1-12-10-16(20-17(19-12)14-4-6-18-7-5-14)21-8-9-22-11-15(21)13-2-3-13/h4-7,10,13,15H,2-3,8-9,11H2,1H3. The molecule has 1 aliphatic carbocycles. The van der Waals surface area contributed by atoms with Crippen molar-refractivity contribution in [1.29, 1.82) is 0 Å². The van der Waals surface area contributed by atoms with Crippen LogP contribution < -0.4 is 4.90 Å². The van der Waals surface area contributed by atoms with Crippen molar-refractivity contribution >= 4 is 5.82 Å². The SMILES string of the molecule is Cc1cc(N2CCOCC2C2CC2)nc(-c2ccncc2)n1. The van der Waals surface area contributed by atoms with Gasteiger partial charge in [0, 0.05) is 36.3 Å². The predicted molar refractivity (Wildman–Crippen MR) is 84.7 cm³/mol. The monoisotopic (exact) mass is 296 g/mol. The van der Waals surface area contributed by atoms with Gasteiger partial charge in [0.15, 0.2) is 5.82 Å². The number of ether oxygens (including phenoxy) is 1. The molecular formula is C17H20N4O. The number of nitrogens with zero attached hydrogens (tertiary/aromatic N) is 4. The van der Waals surface area contributed by atoms with Crippen LogP contribution >= 0.6 is 0 Å². The number of pyridine rings is 1. The van der Waals surface area contributed by atoms with Crippen LogP contribution in [0.25, 0.3) is 11.4 Å². The van der Waals surface area contributed by atoms with Crippen molar-refractivity contribution in [3.05, 3.63) is 36.3 Å². The molecular weight excluding hydrogens is 276 g/mol. The van der Waals surface area contributed by atoms with Gasteiger partial charge in [0.25, 0.3) is 0 Å². The quantitative estimate of drug-likeness (QED) is 0.871. The van der Waals surface area contributed by atoms with Crippen molar-refractivity contribution in [2.45, 2.75) is 25.8 Å². The fourth-order valence-corrected chi connectivity index (χ4v) is 3.11. The Kier molecular flexibility index (Phi) is 3.50. The number of hydrogen-bond acceptors (Lipinski definition) is 5. The van der Waals surface area contributed by atoms with Gasteiger partial charge < -0.3 is 9.64 Å². The third-order valence-corrected chi connectivity index (χ3v) is 4.41. The van der Waals surface area contributed by atoms with E-state index >= 15 is 0 Å². The van der Waals surface area contributed by atoms with Gasteiger partial charge in [0.1, 0.15) is 5.82 Å². The maximum Gasteiger partial charge on any atom is 0.161 e. The molecule has 5 nitrogen and oxygen atoms in total. The van der Waals surface area contributed by atoms with Crippen LogP contribution in [0.5, 0.6) is 0 Å². The van der Waals surface area contributed by atoms with E-state index in [1.54, 1.807) is 12.4 Å². The van der Waals surface area contributed by atoms with E-state index in [1.165, 1.54) is 12.8 Å². The van der Waals surface area contributed by atoms with Crippen molar-refractivity contribution in [2.75, 3.05) is 24.7 Å². The van der Waals surface area contributed by atoms with E-state index in [-0.39, 0.29) is 0 Å². The molecule has 0 radical (unpaired) electrons. The summed E-state index contributed by atoms with van der Waals surface area (Å²) in [5.74, 6) is 2.57. The molecule has 0 N–H and O–H groups in total. The fraction of sp³-hybridized carbons (Fsp3) is 0.471. The first-order chi connectivity index (χ1) is 10.8. The summed E-state index contributed by atoms with van der Waals surface area (Å²) in [6, 6.07) is 6.46. The maximum absolute atomic E-state index is 5.69. The molecule has 1 aliphatic heterocycles. The summed E-state index contributed by atoms with van der Waals surface area (Å²) in [6.45, 7) is 4.53. The lowest BCUT2D eigenvalue weighted by molar-refractivity contribution is 0.0874. The molecule has 3 heterocycles. The highest BCUT2D eigenvalue weighted by molar-refractivity contribution is 5.57. The number of morpholine rings is 1. The molecule has 4 rings (SSSR count). The average Bonchev–Trinajstić information content (AvgIpc) is 3.40. The maximum atomic E-state index is 5.69. The molecule has 1 atom stereocenters. The van der Waals surface area contributed by atoms with E-state index in [4.69, 9.17) is 9.72 Å².